The lowest BCUT2D eigenvalue weighted by atomic mass is 9.62. The van der Waals surface area contributed by atoms with Crippen molar-refractivity contribution >= 4 is 28.0 Å². The van der Waals surface area contributed by atoms with E-state index in [0.29, 0.717) is 19.3 Å². The van der Waals surface area contributed by atoms with Crippen molar-refractivity contribution in [2.45, 2.75) is 70.0 Å². The Labute approximate surface area is 154 Å². The van der Waals surface area contributed by atoms with Crippen LogP contribution in [-0.4, -0.2) is 65.3 Å². The minimum Gasteiger partial charge on any atom is -0.438 e. The van der Waals surface area contributed by atoms with E-state index < -0.39 is 0 Å². The molecule has 2 fully saturated rings. The third-order valence-electron chi connectivity index (χ3n) is 4.66. The van der Waals surface area contributed by atoms with Crippen molar-refractivity contribution in [2.24, 2.45) is 5.41 Å². The van der Waals surface area contributed by atoms with Gasteiger partial charge in [0, 0.05) is 0 Å². The second-order valence-electron chi connectivity index (χ2n) is 8.14. The molecule has 0 saturated carbocycles. The molecule has 0 aromatic carbocycles. The van der Waals surface area contributed by atoms with Crippen LogP contribution in [0, 0.1) is 5.41 Å². The fourth-order valence-corrected chi connectivity index (χ4v) is 3.58. The lowest BCUT2D eigenvalue weighted by molar-refractivity contribution is -0.0324. The molecule has 0 bridgehead atoms. The molecule has 4 nitrogen and oxygen atoms in total. The number of rotatable bonds is 14. The Balaban J connectivity index is 1.71. The van der Waals surface area contributed by atoms with E-state index in [1.165, 1.54) is 0 Å². The van der Waals surface area contributed by atoms with Gasteiger partial charge in [0.25, 0.3) is 7.48 Å². The monoisotopic (exact) mass is 353 g/mol. The molecule has 0 aliphatic carbocycles. The maximum atomic E-state index is 6.45. The summed E-state index contributed by atoms with van der Waals surface area (Å²) in [6, 6.07) is 0. The summed E-state index contributed by atoms with van der Waals surface area (Å²) in [7, 11) is 8.37. The van der Waals surface area contributed by atoms with Gasteiger partial charge in [-0.3, -0.25) is 0 Å². The first kappa shape index (κ1) is 20.6. The van der Waals surface area contributed by atoms with Gasteiger partial charge in [-0.15, -0.1) is 0 Å². The summed E-state index contributed by atoms with van der Waals surface area (Å²) in [5.41, 5.74) is -0.127. The third-order valence-corrected chi connectivity index (χ3v) is 4.89. The molecule has 4 atom stereocenters. The van der Waals surface area contributed by atoms with Crippen molar-refractivity contribution in [3.8, 4) is 0 Å². The second kappa shape index (κ2) is 9.31. The largest absolute Gasteiger partial charge is 0.438 e. The van der Waals surface area contributed by atoms with E-state index in [9.17, 15) is 0 Å². The van der Waals surface area contributed by atoms with Crippen LogP contribution in [0.4, 0.5) is 0 Å². The molecule has 3 radical (unpaired) electrons. The molecule has 2 heterocycles. The lowest BCUT2D eigenvalue weighted by Crippen LogP contribution is -2.30. The molecule has 7 heteroatoms. The summed E-state index contributed by atoms with van der Waals surface area (Å²) in [5, 5.41) is 0. The third kappa shape index (κ3) is 8.61. The van der Waals surface area contributed by atoms with Crippen LogP contribution in [0.2, 0.25) is 12.1 Å². The number of ether oxygens (including phenoxy) is 3. The fraction of sp³-hybridized carbons (Fsp3) is 1.00. The Morgan fingerprint density at radius 1 is 1.17 bits per heavy atom. The molecule has 2 aliphatic heterocycles. The first-order valence-electron chi connectivity index (χ1n) is 8.99. The first-order valence-corrected chi connectivity index (χ1v) is 9.62. The Kier molecular flexibility index (Phi) is 8.00. The van der Waals surface area contributed by atoms with Crippen molar-refractivity contribution in [1.82, 2.24) is 0 Å². The van der Waals surface area contributed by atoms with Crippen LogP contribution in [0.3, 0.4) is 0 Å². The summed E-state index contributed by atoms with van der Waals surface area (Å²) in [5.74, 6) is 0.937. The van der Waals surface area contributed by atoms with Gasteiger partial charge in [0.15, 0.2) is 0 Å². The number of epoxide rings is 2. The summed E-state index contributed by atoms with van der Waals surface area (Å²) < 4.78 is 21.9. The van der Waals surface area contributed by atoms with Gasteiger partial charge in [-0.05, 0) is 44.2 Å². The SMILES string of the molecule is [B]C(CC(C)(C[B]OCC1CO1)CCS)CC(C)(C)OCC1CO1. The molecular weight excluding hydrogens is 322 g/mol. The maximum absolute atomic E-state index is 6.45. The van der Waals surface area contributed by atoms with E-state index in [2.05, 4.69) is 33.4 Å². The average Bonchev–Trinajstić information content (AvgIpc) is 3.36. The van der Waals surface area contributed by atoms with Gasteiger partial charge in [0.2, 0.25) is 0 Å². The van der Waals surface area contributed by atoms with Gasteiger partial charge in [0.1, 0.15) is 12.2 Å². The van der Waals surface area contributed by atoms with Gasteiger partial charge in [-0.1, -0.05) is 19.2 Å². The normalized spacial score (nSPS) is 26.7. The Morgan fingerprint density at radius 2 is 1.79 bits per heavy atom. The quantitative estimate of drug-likeness (QED) is 0.226. The molecule has 0 aromatic heterocycles. The molecular formula is C17H31B2O4S. The summed E-state index contributed by atoms with van der Waals surface area (Å²) in [6.07, 6.45) is 4.25. The van der Waals surface area contributed by atoms with Gasteiger partial charge >= 0.3 is 0 Å². The molecule has 2 aliphatic rings. The highest BCUT2D eigenvalue weighted by atomic mass is 32.1. The number of hydrogen-bond acceptors (Lipinski definition) is 5. The summed E-state index contributed by atoms with van der Waals surface area (Å²) in [4.78, 5) is 0. The Morgan fingerprint density at radius 3 is 2.38 bits per heavy atom. The molecule has 0 amide bonds. The van der Waals surface area contributed by atoms with Crippen LogP contribution in [0.5, 0.6) is 0 Å². The first-order chi connectivity index (χ1) is 11.3. The smallest absolute Gasteiger partial charge is 0.293 e. The van der Waals surface area contributed by atoms with E-state index in [-0.39, 0.29) is 22.9 Å². The average molecular weight is 353 g/mol. The highest BCUT2D eigenvalue weighted by molar-refractivity contribution is 7.80. The van der Waals surface area contributed by atoms with Crippen LogP contribution in [-0.2, 0) is 18.9 Å². The van der Waals surface area contributed by atoms with E-state index in [0.717, 1.165) is 44.5 Å². The molecule has 135 valence electrons. The summed E-state index contributed by atoms with van der Waals surface area (Å²) in [6.45, 7) is 9.46. The fourth-order valence-electron chi connectivity index (χ4n) is 3.04. The zero-order chi connectivity index (χ0) is 17.6. The van der Waals surface area contributed by atoms with Crippen LogP contribution in [0.25, 0.3) is 0 Å². The van der Waals surface area contributed by atoms with Crippen LogP contribution in [0.1, 0.15) is 40.0 Å². The Bertz CT molecular complexity index is 378. The Hall–Kier alpha value is 0.320. The standard InChI is InChI=1S/C17H31B2O4S/c1-16(2,22-10-14-8-20-14)6-13(18)7-17(3,4-5-24)12-19-23-11-15-9-21-15/h13-15,24H,4-12H2,1-3H3. The molecule has 0 N–H and O–H groups in total. The molecule has 2 saturated heterocycles. The molecule has 4 unspecified atom stereocenters. The minimum atomic E-state index is -0.225. The van der Waals surface area contributed by atoms with Crippen molar-refractivity contribution in [1.29, 1.82) is 0 Å². The van der Waals surface area contributed by atoms with Gasteiger partial charge in [-0.25, -0.2) is 0 Å². The predicted octanol–water partition coefficient (Wildman–Crippen LogP) is 2.70. The molecule has 0 aromatic rings. The second-order valence-corrected chi connectivity index (χ2v) is 8.59. The molecule has 0 spiro atoms. The zero-order valence-electron chi connectivity index (χ0n) is 15.3. The molecule has 2 rings (SSSR count). The van der Waals surface area contributed by atoms with Crippen molar-refractivity contribution in [3.05, 3.63) is 0 Å². The van der Waals surface area contributed by atoms with E-state index >= 15 is 0 Å². The van der Waals surface area contributed by atoms with E-state index in [1.54, 1.807) is 0 Å². The topological polar surface area (TPSA) is 43.5 Å². The predicted molar refractivity (Wildman–Crippen MR) is 101 cm³/mol. The van der Waals surface area contributed by atoms with Gasteiger partial charge in [-0.2, -0.15) is 12.6 Å². The zero-order valence-corrected chi connectivity index (χ0v) is 16.2. The summed E-state index contributed by atoms with van der Waals surface area (Å²) >= 11 is 4.42. The highest BCUT2D eigenvalue weighted by Crippen LogP contribution is 2.39. The van der Waals surface area contributed by atoms with Crippen LogP contribution >= 0.6 is 12.6 Å². The number of hydrogen-bond donors (Lipinski definition) is 1. The van der Waals surface area contributed by atoms with Crippen LogP contribution in [0.15, 0.2) is 0 Å². The van der Waals surface area contributed by atoms with Gasteiger partial charge < -0.3 is 18.9 Å². The van der Waals surface area contributed by atoms with Gasteiger partial charge in [0.05, 0.1) is 39.9 Å². The van der Waals surface area contributed by atoms with Crippen LogP contribution < -0.4 is 0 Å². The lowest BCUT2D eigenvalue weighted by Gasteiger charge is -2.35. The van der Waals surface area contributed by atoms with Crippen molar-refractivity contribution in [3.63, 3.8) is 0 Å². The molecule has 24 heavy (non-hydrogen) atoms. The van der Waals surface area contributed by atoms with E-state index in [1.807, 2.05) is 7.48 Å². The maximum Gasteiger partial charge on any atom is 0.293 e. The number of thiol groups is 1. The van der Waals surface area contributed by atoms with Crippen molar-refractivity contribution < 1.29 is 18.9 Å². The minimum absolute atomic E-state index is 0.0881. The van der Waals surface area contributed by atoms with Crippen molar-refractivity contribution in [2.75, 3.05) is 32.2 Å². The highest BCUT2D eigenvalue weighted by Gasteiger charge is 2.32. The van der Waals surface area contributed by atoms with E-state index in [4.69, 9.17) is 26.7 Å².